The van der Waals surface area contributed by atoms with Crippen LogP contribution in [0.4, 0.5) is 4.39 Å². The number of rotatable bonds is 7. The molecule has 1 aromatic carbocycles. The molecule has 18 heavy (non-hydrogen) atoms. The van der Waals surface area contributed by atoms with Crippen molar-refractivity contribution in [2.45, 2.75) is 38.3 Å². The highest BCUT2D eigenvalue weighted by atomic mass is 19.1. The van der Waals surface area contributed by atoms with Crippen LogP contribution in [0.2, 0.25) is 0 Å². The van der Waals surface area contributed by atoms with E-state index in [1.807, 2.05) is 20.0 Å². The minimum atomic E-state index is -0.165. The van der Waals surface area contributed by atoms with Gasteiger partial charge in [-0.3, -0.25) is 0 Å². The standard InChI is InChI=1S/C15H22FNO/c1-3-18-15(12-7-8-12)14(17-2)10-11-5-4-6-13(16)9-11/h4-6,9,12,14-15,17H,3,7-8,10H2,1-2H3. The van der Waals surface area contributed by atoms with Crippen LogP contribution in [-0.4, -0.2) is 25.8 Å². The fourth-order valence-electron chi connectivity index (χ4n) is 2.50. The number of likely N-dealkylation sites (N-methyl/N-ethyl adjacent to an activating group) is 1. The molecule has 100 valence electrons. The number of ether oxygens (including phenoxy) is 1. The molecule has 0 radical (unpaired) electrons. The molecule has 0 aromatic heterocycles. The first kappa shape index (κ1) is 13.5. The average molecular weight is 251 g/mol. The SMILES string of the molecule is CCOC(C1CC1)C(Cc1cccc(F)c1)NC. The average Bonchev–Trinajstić information content (AvgIpc) is 3.18. The van der Waals surface area contributed by atoms with E-state index in [9.17, 15) is 4.39 Å². The summed E-state index contributed by atoms with van der Waals surface area (Å²) in [7, 11) is 1.96. The summed E-state index contributed by atoms with van der Waals surface area (Å²) in [6, 6.07) is 7.10. The van der Waals surface area contributed by atoms with Gasteiger partial charge in [-0.05, 0) is 56.8 Å². The van der Waals surface area contributed by atoms with Gasteiger partial charge < -0.3 is 10.1 Å². The third kappa shape index (κ3) is 3.53. The number of benzene rings is 1. The summed E-state index contributed by atoms with van der Waals surface area (Å²) in [4.78, 5) is 0. The van der Waals surface area contributed by atoms with E-state index < -0.39 is 0 Å². The highest BCUT2D eigenvalue weighted by Gasteiger charge is 2.36. The first-order chi connectivity index (χ1) is 8.74. The summed E-state index contributed by atoms with van der Waals surface area (Å²) in [5.74, 6) is 0.512. The van der Waals surface area contributed by atoms with Crippen LogP contribution in [0.3, 0.4) is 0 Å². The molecule has 0 amide bonds. The van der Waals surface area contributed by atoms with E-state index in [2.05, 4.69) is 5.32 Å². The molecule has 0 saturated heterocycles. The molecule has 1 aromatic rings. The molecule has 2 atom stereocenters. The number of halogens is 1. The highest BCUT2D eigenvalue weighted by molar-refractivity contribution is 5.18. The molecule has 0 spiro atoms. The van der Waals surface area contributed by atoms with Crippen molar-refractivity contribution in [1.82, 2.24) is 5.32 Å². The summed E-state index contributed by atoms with van der Waals surface area (Å²) < 4.78 is 19.1. The van der Waals surface area contributed by atoms with E-state index in [-0.39, 0.29) is 18.0 Å². The lowest BCUT2D eigenvalue weighted by Gasteiger charge is -2.27. The van der Waals surface area contributed by atoms with Gasteiger partial charge in [-0.25, -0.2) is 4.39 Å². The van der Waals surface area contributed by atoms with Crippen molar-refractivity contribution in [1.29, 1.82) is 0 Å². The third-order valence-corrected chi connectivity index (χ3v) is 3.56. The molecule has 0 heterocycles. The Morgan fingerprint density at radius 1 is 1.44 bits per heavy atom. The van der Waals surface area contributed by atoms with Crippen molar-refractivity contribution < 1.29 is 9.13 Å². The predicted molar refractivity (Wildman–Crippen MR) is 71.1 cm³/mol. The van der Waals surface area contributed by atoms with Gasteiger partial charge >= 0.3 is 0 Å². The Kier molecular flexibility index (Phi) is 4.72. The van der Waals surface area contributed by atoms with Crippen molar-refractivity contribution in [3.05, 3.63) is 35.6 Å². The number of nitrogens with one attached hydrogen (secondary N) is 1. The molecule has 1 saturated carbocycles. The van der Waals surface area contributed by atoms with Crippen LogP contribution in [0.25, 0.3) is 0 Å². The zero-order valence-electron chi connectivity index (χ0n) is 11.2. The first-order valence-electron chi connectivity index (χ1n) is 6.78. The van der Waals surface area contributed by atoms with Gasteiger partial charge in [-0.2, -0.15) is 0 Å². The lowest BCUT2D eigenvalue weighted by molar-refractivity contribution is 0.0211. The summed E-state index contributed by atoms with van der Waals surface area (Å²) in [5.41, 5.74) is 1.03. The molecule has 1 fully saturated rings. The Bertz CT molecular complexity index is 379. The van der Waals surface area contributed by atoms with E-state index in [0.29, 0.717) is 5.92 Å². The minimum Gasteiger partial charge on any atom is -0.377 e. The fourth-order valence-corrected chi connectivity index (χ4v) is 2.50. The van der Waals surface area contributed by atoms with Gasteiger partial charge in [0.25, 0.3) is 0 Å². The maximum absolute atomic E-state index is 13.2. The second kappa shape index (κ2) is 6.30. The lowest BCUT2D eigenvalue weighted by Crippen LogP contribution is -2.42. The Labute approximate surface area is 109 Å². The molecule has 1 aliphatic carbocycles. The molecule has 1 aliphatic rings. The molecule has 2 rings (SSSR count). The van der Waals surface area contributed by atoms with E-state index in [0.717, 1.165) is 18.6 Å². The van der Waals surface area contributed by atoms with Gasteiger partial charge in [0.1, 0.15) is 5.82 Å². The van der Waals surface area contributed by atoms with Crippen LogP contribution >= 0.6 is 0 Å². The summed E-state index contributed by atoms with van der Waals surface area (Å²) in [6.07, 6.45) is 3.58. The van der Waals surface area contributed by atoms with Crippen molar-refractivity contribution in [2.24, 2.45) is 5.92 Å². The van der Waals surface area contributed by atoms with Gasteiger partial charge in [0.15, 0.2) is 0 Å². The number of hydrogen-bond donors (Lipinski definition) is 1. The second-order valence-electron chi connectivity index (χ2n) is 4.99. The molecule has 0 bridgehead atoms. The van der Waals surface area contributed by atoms with Gasteiger partial charge in [0.2, 0.25) is 0 Å². The maximum Gasteiger partial charge on any atom is 0.123 e. The maximum atomic E-state index is 13.2. The molecule has 2 unspecified atom stereocenters. The highest BCUT2D eigenvalue weighted by Crippen LogP contribution is 2.36. The largest absolute Gasteiger partial charge is 0.377 e. The lowest BCUT2D eigenvalue weighted by atomic mass is 9.98. The molecule has 0 aliphatic heterocycles. The van der Waals surface area contributed by atoms with Crippen molar-refractivity contribution in [3.8, 4) is 0 Å². The normalized spacial score (nSPS) is 18.6. The van der Waals surface area contributed by atoms with E-state index in [4.69, 9.17) is 4.74 Å². The smallest absolute Gasteiger partial charge is 0.123 e. The van der Waals surface area contributed by atoms with E-state index in [1.165, 1.54) is 18.9 Å². The Balaban J connectivity index is 2.03. The number of hydrogen-bond acceptors (Lipinski definition) is 2. The van der Waals surface area contributed by atoms with Gasteiger partial charge in [0.05, 0.1) is 6.10 Å². The van der Waals surface area contributed by atoms with Crippen molar-refractivity contribution >= 4 is 0 Å². The Morgan fingerprint density at radius 3 is 2.78 bits per heavy atom. The van der Waals surface area contributed by atoms with Crippen LogP contribution < -0.4 is 5.32 Å². The summed E-state index contributed by atoms with van der Waals surface area (Å²) in [6.45, 7) is 2.77. The van der Waals surface area contributed by atoms with Crippen molar-refractivity contribution in [2.75, 3.05) is 13.7 Å². The summed E-state index contributed by atoms with van der Waals surface area (Å²) >= 11 is 0. The van der Waals surface area contributed by atoms with Crippen LogP contribution in [0, 0.1) is 11.7 Å². The minimum absolute atomic E-state index is 0.165. The topological polar surface area (TPSA) is 21.3 Å². The van der Waals surface area contributed by atoms with Crippen LogP contribution in [0.5, 0.6) is 0 Å². The monoisotopic (exact) mass is 251 g/mol. The van der Waals surface area contributed by atoms with Crippen LogP contribution in [0.15, 0.2) is 24.3 Å². The predicted octanol–water partition coefficient (Wildman–Crippen LogP) is 2.77. The van der Waals surface area contributed by atoms with Gasteiger partial charge in [-0.1, -0.05) is 12.1 Å². The van der Waals surface area contributed by atoms with Crippen LogP contribution in [-0.2, 0) is 11.2 Å². The molecule has 3 heteroatoms. The van der Waals surface area contributed by atoms with Crippen LogP contribution in [0.1, 0.15) is 25.3 Å². The Hall–Kier alpha value is -0.930. The zero-order valence-corrected chi connectivity index (χ0v) is 11.2. The molecule has 2 nitrogen and oxygen atoms in total. The van der Waals surface area contributed by atoms with Crippen molar-refractivity contribution in [3.63, 3.8) is 0 Å². The van der Waals surface area contributed by atoms with E-state index >= 15 is 0 Å². The quantitative estimate of drug-likeness (QED) is 0.804. The van der Waals surface area contributed by atoms with Gasteiger partial charge in [-0.15, -0.1) is 0 Å². The first-order valence-corrected chi connectivity index (χ1v) is 6.78. The molecular formula is C15H22FNO. The molecule has 1 N–H and O–H groups in total. The second-order valence-corrected chi connectivity index (χ2v) is 4.99. The summed E-state index contributed by atoms with van der Waals surface area (Å²) in [5, 5.41) is 3.33. The fraction of sp³-hybridized carbons (Fsp3) is 0.600. The molecular weight excluding hydrogens is 229 g/mol. The van der Waals surface area contributed by atoms with E-state index in [1.54, 1.807) is 12.1 Å². The van der Waals surface area contributed by atoms with Gasteiger partial charge in [0, 0.05) is 12.6 Å². The zero-order chi connectivity index (χ0) is 13.0. The third-order valence-electron chi connectivity index (χ3n) is 3.56. The Morgan fingerprint density at radius 2 is 2.22 bits per heavy atom.